The molecule has 18 heavy (non-hydrogen) atoms. The molecular formula is C13H21NO3S. The first kappa shape index (κ1) is 14.8. The summed E-state index contributed by atoms with van der Waals surface area (Å²) in [7, 11) is -2.91. The Balaban J connectivity index is 2.55. The number of ether oxygens (including phenoxy) is 1. The number of nitrogen functional groups attached to an aromatic ring is 1. The summed E-state index contributed by atoms with van der Waals surface area (Å²) in [5.74, 6) is 1.00. The van der Waals surface area contributed by atoms with Crippen molar-refractivity contribution in [2.45, 2.75) is 27.2 Å². The molecule has 5 heteroatoms. The van der Waals surface area contributed by atoms with Crippen molar-refractivity contribution in [2.24, 2.45) is 0 Å². The van der Waals surface area contributed by atoms with Gasteiger partial charge in [-0.25, -0.2) is 8.42 Å². The van der Waals surface area contributed by atoms with E-state index in [1.54, 1.807) is 6.92 Å². The van der Waals surface area contributed by atoms with Crippen LogP contribution in [0.5, 0.6) is 5.75 Å². The zero-order chi connectivity index (χ0) is 13.8. The van der Waals surface area contributed by atoms with Crippen molar-refractivity contribution in [3.8, 4) is 5.75 Å². The van der Waals surface area contributed by atoms with Gasteiger partial charge in [-0.2, -0.15) is 0 Å². The van der Waals surface area contributed by atoms with E-state index in [0.29, 0.717) is 24.5 Å². The number of rotatable bonds is 6. The molecule has 0 bridgehead atoms. The third-order valence-electron chi connectivity index (χ3n) is 2.73. The highest BCUT2D eigenvalue weighted by molar-refractivity contribution is 7.91. The van der Waals surface area contributed by atoms with E-state index in [9.17, 15) is 8.42 Å². The average Bonchev–Trinajstić information content (AvgIpc) is 2.26. The van der Waals surface area contributed by atoms with E-state index in [0.717, 1.165) is 11.1 Å². The highest BCUT2D eigenvalue weighted by atomic mass is 32.2. The number of sulfone groups is 1. The van der Waals surface area contributed by atoms with E-state index in [1.165, 1.54) is 0 Å². The summed E-state index contributed by atoms with van der Waals surface area (Å²) in [6.07, 6.45) is 0.489. The number of aryl methyl sites for hydroxylation is 2. The lowest BCUT2D eigenvalue weighted by Crippen LogP contribution is -2.12. The van der Waals surface area contributed by atoms with Crippen LogP contribution in [0.2, 0.25) is 0 Å². The molecule has 0 unspecified atom stereocenters. The predicted molar refractivity (Wildman–Crippen MR) is 74.8 cm³/mol. The average molecular weight is 271 g/mol. The maximum Gasteiger partial charge on any atom is 0.150 e. The fourth-order valence-corrected chi connectivity index (χ4v) is 2.63. The van der Waals surface area contributed by atoms with Gasteiger partial charge in [-0.1, -0.05) is 13.0 Å². The van der Waals surface area contributed by atoms with Crippen molar-refractivity contribution in [3.63, 3.8) is 0 Å². The molecule has 0 aliphatic carbocycles. The SMILES string of the molecule is CCS(=O)(=O)CCCOc1c(C)cc(C)cc1N. The van der Waals surface area contributed by atoms with Crippen LogP contribution in [0, 0.1) is 13.8 Å². The van der Waals surface area contributed by atoms with Crippen molar-refractivity contribution in [1.82, 2.24) is 0 Å². The Hall–Kier alpha value is -1.23. The minimum atomic E-state index is -2.91. The lowest BCUT2D eigenvalue weighted by molar-refractivity contribution is 0.317. The third-order valence-corrected chi connectivity index (χ3v) is 4.52. The highest BCUT2D eigenvalue weighted by Crippen LogP contribution is 2.27. The quantitative estimate of drug-likeness (QED) is 0.635. The molecule has 102 valence electrons. The normalized spacial score (nSPS) is 11.5. The molecule has 0 aliphatic rings. The molecule has 4 nitrogen and oxygen atoms in total. The van der Waals surface area contributed by atoms with Crippen molar-refractivity contribution in [2.75, 3.05) is 23.8 Å². The van der Waals surface area contributed by atoms with Gasteiger partial charge in [0.05, 0.1) is 18.0 Å². The maximum atomic E-state index is 11.3. The zero-order valence-electron chi connectivity index (χ0n) is 11.2. The first-order valence-corrected chi connectivity index (χ1v) is 7.88. The van der Waals surface area contributed by atoms with Crippen LogP contribution in [-0.2, 0) is 9.84 Å². The first-order valence-electron chi connectivity index (χ1n) is 6.05. The largest absolute Gasteiger partial charge is 0.491 e. The van der Waals surface area contributed by atoms with Crippen molar-refractivity contribution < 1.29 is 13.2 Å². The standard InChI is InChI=1S/C13H21NO3S/c1-4-18(15,16)7-5-6-17-13-11(3)8-10(2)9-12(13)14/h8-9H,4-7,14H2,1-3H3. The van der Waals surface area contributed by atoms with Crippen molar-refractivity contribution in [3.05, 3.63) is 23.3 Å². The molecule has 0 saturated carbocycles. The molecule has 0 heterocycles. The van der Waals surface area contributed by atoms with Gasteiger partial charge >= 0.3 is 0 Å². The Labute approximate surface area is 109 Å². The van der Waals surface area contributed by atoms with Crippen LogP contribution < -0.4 is 10.5 Å². The molecule has 1 aromatic rings. The molecular weight excluding hydrogens is 250 g/mol. The summed E-state index contributed by atoms with van der Waals surface area (Å²) in [6.45, 7) is 5.92. The Kier molecular flexibility index (Phi) is 5.02. The Morgan fingerprint density at radius 3 is 2.50 bits per heavy atom. The van der Waals surface area contributed by atoms with Gasteiger partial charge in [-0.05, 0) is 37.5 Å². The monoisotopic (exact) mass is 271 g/mol. The fourth-order valence-electron chi connectivity index (χ4n) is 1.78. The molecule has 0 amide bonds. The van der Waals surface area contributed by atoms with Gasteiger partial charge in [0.1, 0.15) is 15.6 Å². The van der Waals surface area contributed by atoms with Crippen LogP contribution in [0.4, 0.5) is 5.69 Å². The Morgan fingerprint density at radius 1 is 1.28 bits per heavy atom. The summed E-state index contributed by atoms with van der Waals surface area (Å²) < 4.78 is 28.2. The van der Waals surface area contributed by atoms with Gasteiger partial charge < -0.3 is 10.5 Å². The lowest BCUT2D eigenvalue weighted by Gasteiger charge is -2.12. The topological polar surface area (TPSA) is 69.4 Å². The highest BCUT2D eigenvalue weighted by Gasteiger charge is 2.09. The predicted octanol–water partition coefficient (Wildman–Crippen LogP) is 2.09. The molecule has 0 fully saturated rings. The van der Waals surface area contributed by atoms with Gasteiger partial charge in [0.25, 0.3) is 0 Å². The number of anilines is 1. The van der Waals surface area contributed by atoms with Crippen molar-refractivity contribution in [1.29, 1.82) is 0 Å². The number of hydrogen-bond donors (Lipinski definition) is 1. The summed E-state index contributed by atoms with van der Waals surface area (Å²) in [5, 5.41) is 0. The van der Waals surface area contributed by atoms with Crippen LogP contribution in [0.15, 0.2) is 12.1 Å². The van der Waals surface area contributed by atoms with E-state index in [2.05, 4.69) is 0 Å². The smallest absolute Gasteiger partial charge is 0.150 e. The van der Waals surface area contributed by atoms with Crippen molar-refractivity contribution >= 4 is 15.5 Å². The maximum absolute atomic E-state index is 11.3. The van der Waals surface area contributed by atoms with Gasteiger partial charge in [-0.3, -0.25) is 0 Å². The van der Waals surface area contributed by atoms with E-state index in [-0.39, 0.29) is 11.5 Å². The molecule has 0 aliphatic heterocycles. The minimum Gasteiger partial charge on any atom is -0.491 e. The molecule has 0 saturated heterocycles. The van der Waals surface area contributed by atoms with Crippen LogP contribution >= 0.6 is 0 Å². The van der Waals surface area contributed by atoms with E-state index >= 15 is 0 Å². The second kappa shape index (κ2) is 6.09. The molecule has 0 radical (unpaired) electrons. The molecule has 2 N–H and O–H groups in total. The lowest BCUT2D eigenvalue weighted by atomic mass is 10.1. The Bertz CT molecular complexity index is 486. The van der Waals surface area contributed by atoms with E-state index < -0.39 is 9.84 Å². The van der Waals surface area contributed by atoms with Crippen LogP contribution in [0.1, 0.15) is 24.5 Å². The van der Waals surface area contributed by atoms with Gasteiger partial charge in [0.2, 0.25) is 0 Å². The molecule has 1 aromatic carbocycles. The first-order chi connectivity index (χ1) is 8.35. The second-order valence-electron chi connectivity index (χ2n) is 4.44. The Morgan fingerprint density at radius 2 is 1.94 bits per heavy atom. The summed E-state index contributed by atoms with van der Waals surface area (Å²) in [4.78, 5) is 0. The third kappa shape index (κ3) is 4.22. The minimum absolute atomic E-state index is 0.161. The number of nitrogens with two attached hydrogens (primary N) is 1. The zero-order valence-corrected chi connectivity index (χ0v) is 12.0. The molecule has 0 aromatic heterocycles. The summed E-state index contributed by atoms with van der Waals surface area (Å²) in [5.41, 5.74) is 8.54. The summed E-state index contributed by atoms with van der Waals surface area (Å²) >= 11 is 0. The van der Waals surface area contributed by atoms with Gasteiger partial charge in [0.15, 0.2) is 0 Å². The van der Waals surface area contributed by atoms with Crippen LogP contribution in [0.25, 0.3) is 0 Å². The molecule has 0 atom stereocenters. The number of benzene rings is 1. The number of hydrogen-bond acceptors (Lipinski definition) is 4. The molecule has 0 spiro atoms. The second-order valence-corrected chi connectivity index (χ2v) is 6.91. The van der Waals surface area contributed by atoms with Crippen LogP contribution in [-0.4, -0.2) is 26.5 Å². The van der Waals surface area contributed by atoms with Gasteiger partial charge in [-0.15, -0.1) is 0 Å². The van der Waals surface area contributed by atoms with E-state index in [4.69, 9.17) is 10.5 Å². The molecule has 1 rings (SSSR count). The summed E-state index contributed by atoms with van der Waals surface area (Å²) in [6, 6.07) is 3.85. The van der Waals surface area contributed by atoms with E-state index in [1.807, 2.05) is 26.0 Å². The van der Waals surface area contributed by atoms with Crippen LogP contribution in [0.3, 0.4) is 0 Å². The van der Waals surface area contributed by atoms with Gasteiger partial charge in [0, 0.05) is 5.75 Å². The fraction of sp³-hybridized carbons (Fsp3) is 0.538.